The molecule has 0 aliphatic carbocycles. The molecule has 0 unspecified atom stereocenters. The first-order chi connectivity index (χ1) is 8.93. The first-order valence-corrected chi connectivity index (χ1v) is 6.28. The lowest BCUT2D eigenvalue weighted by atomic mass is 10.1. The van der Waals surface area contributed by atoms with Gasteiger partial charge in [-0.3, -0.25) is 5.01 Å². The summed E-state index contributed by atoms with van der Waals surface area (Å²) in [7, 11) is 0. The van der Waals surface area contributed by atoms with Crippen molar-refractivity contribution in [2.45, 2.75) is 0 Å². The molecular formula is C15H16N2O. The number of hydrogen-bond acceptors (Lipinski definition) is 3. The zero-order valence-electron chi connectivity index (χ0n) is 10.2. The van der Waals surface area contributed by atoms with Crippen molar-refractivity contribution >= 4 is 17.0 Å². The largest absolute Gasteiger partial charge is 0.378 e. The SMILES string of the molecule is C(=N/N1CCOCC1)/c1cccc2ccccc12. The molecule has 1 aliphatic rings. The Hall–Kier alpha value is -1.87. The van der Waals surface area contributed by atoms with Crippen LogP contribution in [0.15, 0.2) is 47.6 Å². The average molecular weight is 240 g/mol. The van der Waals surface area contributed by atoms with Crippen molar-refractivity contribution in [1.82, 2.24) is 5.01 Å². The van der Waals surface area contributed by atoms with E-state index in [0.29, 0.717) is 0 Å². The van der Waals surface area contributed by atoms with Gasteiger partial charge in [0.15, 0.2) is 0 Å². The minimum atomic E-state index is 0.771. The molecule has 2 aromatic carbocycles. The summed E-state index contributed by atoms with van der Waals surface area (Å²) < 4.78 is 5.31. The van der Waals surface area contributed by atoms with Crippen LogP contribution in [0.25, 0.3) is 10.8 Å². The van der Waals surface area contributed by atoms with Gasteiger partial charge in [0.1, 0.15) is 0 Å². The maximum atomic E-state index is 5.31. The molecule has 18 heavy (non-hydrogen) atoms. The van der Waals surface area contributed by atoms with E-state index in [-0.39, 0.29) is 0 Å². The molecule has 0 radical (unpaired) electrons. The molecule has 1 fully saturated rings. The van der Waals surface area contributed by atoms with E-state index in [4.69, 9.17) is 4.74 Å². The number of rotatable bonds is 2. The van der Waals surface area contributed by atoms with Gasteiger partial charge in [0.05, 0.1) is 32.5 Å². The maximum absolute atomic E-state index is 5.31. The maximum Gasteiger partial charge on any atom is 0.0659 e. The molecule has 3 rings (SSSR count). The Bertz CT molecular complexity index is 554. The lowest BCUT2D eigenvalue weighted by Gasteiger charge is -2.23. The molecule has 0 amide bonds. The molecule has 2 aromatic rings. The highest BCUT2D eigenvalue weighted by molar-refractivity contribution is 5.99. The number of ether oxygens (including phenoxy) is 1. The average Bonchev–Trinajstić information content (AvgIpc) is 2.46. The summed E-state index contributed by atoms with van der Waals surface area (Å²) in [5.74, 6) is 0. The Morgan fingerprint density at radius 1 is 1.00 bits per heavy atom. The highest BCUT2D eigenvalue weighted by Crippen LogP contribution is 2.17. The van der Waals surface area contributed by atoms with Crippen molar-refractivity contribution < 1.29 is 4.74 Å². The highest BCUT2D eigenvalue weighted by Gasteiger charge is 2.06. The number of benzene rings is 2. The van der Waals surface area contributed by atoms with Crippen molar-refractivity contribution in [2.75, 3.05) is 26.3 Å². The summed E-state index contributed by atoms with van der Waals surface area (Å²) in [4.78, 5) is 0. The van der Waals surface area contributed by atoms with Crippen LogP contribution in [-0.2, 0) is 4.74 Å². The molecule has 1 heterocycles. The fourth-order valence-corrected chi connectivity index (χ4v) is 2.18. The molecule has 0 bridgehead atoms. The summed E-state index contributed by atoms with van der Waals surface area (Å²) >= 11 is 0. The molecule has 0 aromatic heterocycles. The lowest BCUT2D eigenvalue weighted by molar-refractivity contribution is 0.0397. The standard InChI is InChI=1S/C15H16N2O/c1-2-7-15-13(4-1)5-3-6-14(15)12-16-17-8-10-18-11-9-17/h1-7,12H,8-11H2/b16-12-. The third-order valence-corrected chi connectivity index (χ3v) is 3.17. The third kappa shape index (κ3) is 2.36. The molecule has 3 heteroatoms. The van der Waals surface area contributed by atoms with Crippen molar-refractivity contribution in [3.8, 4) is 0 Å². The van der Waals surface area contributed by atoms with E-state index in [2.05, 4.69) is 52.6 Å². The number of hydrogen-bond donors (Lipinski definition) is 0. The smallest absolute Gasteiger partial charge is 0.0659 e. The molecule has 0 atom stereocenters. The zero-order valence-corrected chi connectivity index (χ0v) is 10.2. The summed E-state index contributed by atoms with van der Waals surface area (Å²) in [5.41, 5.74) is 1.17. The number of nitrogens with zero attached hydrogens (tertiary/aromatic N) is 2. The van der Waals surface area contributed by atoms with Crippen LogP contribution in [0.2, 0.25) is 0 Å². The van der Waals surface area contributed by atoms with Crippen molar-refractivity contribution in [1.29, 1.82) is 0 Å². The molecular weight excluding hydrogens is 224 g/mol. The Morgan fingerprint density at radius 2 is 1.78 bits per heavy atom. The van der Waals surface area contributed by atoms with Crippen LogP contribution in [0.4, 0.5) is 0 Å². The van der Waals surface area contributed by atoms with Gasteiger partial charge in [-0.25, -0.2) is 0 Å². The second kappa shape index (κ2) is 5.19. The third-order valence-electron chi connectivity index (χ3n) is 3.17. The fourth-order valence-electron chi connectivity index (χ4n) is 2.18. The van der Waals surface area contributed by atoms with E-state index < -0.39 is 0 Å². The summed E-state index contributed by atoms with van der Waals surface area (Å²) in [6.07, 6.45) is 1.95. The monoisotopic (exact) mass is 240 g/mol. The molecule has 1 saturated heterocycles. The van der Waals surface area contributed by atoms with Gasteiger partial charge in [0.2, 0.25) is 0 Å². The molecule has 92 valence electrons. The van der Waals surface area contributed by atoms with Gasteiger partial charge in [-0.15, -0.1) is 0 Å². The van der Waals surface area contributed by atoms with Gasteiger partial charge in [0.25, 0.3) is 0 Å². The zero-order chi connectivity index (χ0) is 12.2. The van der Waals surface area contributed by atoms with Crippen molar-refractivity contribution in [2.24, 2.45) is 5.10 Å². The van der Waals surface area contributed by atoms with Crippen LogP contribution >= 0.6 is 0 Å². The lowest BCUT2D eigenvalue weighted by Crippen LogP contribution is -2.32. The fraction of sp³-hybridized carbons (Fsp3) is 0.267. The van der Waals surface area contributed by atoms with Gasteiger partial charge in [-0.05, 0) is 10.8 Å². The van der Waals surface area contributed by atoms with Gasteiger partial charge in [0, 0.05) is 5.56 Å². The Kier molecular flexibility index (Phi) is 3.24. The second-order valence-corrected chi connectivity index (χ2v) is 4.38. The van der Waals surface area contributed by atoms with E-state index in [0.717, 1.165) is 26.3 Å². The predicted molar refractivity (Wildman–Crippen MR) is 73.9 cm³/mol. The second-order valence-electron chi connectivity index (χ2n) is 4.38. The summed E-state index contributed by atoms with van der Waals surface area (Å²) in [6, 6.07) is 14.7. The minimum Gasteiger partial charge on any atom is -0.378 e. The molecule has 0 saturated carbocycles. The van der Waals surface area contributed by atoms with Crippen LogP contribution in [0.5, 0.6) is 0 Å². The van der Waals surface area contributed by atoms with Crippen LogP contribution in [0, 0.1) is 0 Å². The van der Waals surface area contributed by atoms with Gasteiger partial charge >= 0.3 is 0 Å². The number of morpholine rings is 1. The van der Waals surface area contributed by atoms with E-state index in [9.17, 15) is 0 Å². The van der Waals surface area contributed by atoms with Gasteiger partial charge < -0.3 is 4.74 Å². The summed E-state index contributed by atoms with van der Waals surface area (Å²) in [5, 5.41) is 9.09. The Labute approximate surface area is 107 Å². The quantitative estimate of drug-likeness (QED) is 0.753. The first kappa shape index (κ1) is 11.2. The highest BCUT2D eigenvalue weighted by atomic mass is 16.5. The number of hydrazone groups is 1. The molecule has 1 aliphatic heterocycles. The van der Waals surface area contributed by atoms with Gasteiger partial charge in [-0.2, -0.15) is 5.10 Å². The molecule has 3 nitrogen and oxygen atoms in total. The first-order valence-electron chi connectivity index (χ1n) is 6.28. The number of fused-ring (bicyclic) bond motifs is 1. The van der Waals surface area contributed by atoms with Crippen LogP contribution in [0.1, 0.15) is 5.56 Å². The van der Waals surface area contributed by atoms with E-state index in [1.807, 2.05) is 6.21 Å². The van der Waals surface area contributed by atoms with Crippen molar-refractivity contribution in [3.63, 3.8) is 0 Å². The van der Waals surface area contributed by atoms with Crippen molar-refractivity contribution in [3.05, 3.63) is 48.0 Å². The molecule has 0 N–H and O–H groups in total. The Morgan fingerprint density at radius 3 is 2.67 bits per heavy atom. The topological polar surface area (TPSA) is 24.8 Å². The van der Waals surface area contributed by atoms with E-state index >= 15 is 0 Å². The van der Waals surface area contributed by atoms with Crippen LogP contribution in [-0.4, -0.2) is 37.5 Å². The minimum absolute atomic E-state index is 0.771. The summed E-state index contributed by atoms with van der Waals surface area (Å²) in [6.45, 7) is 3.29. The van der Waals surface area contributed by atoms with Gasteiger partial charge in [-0.1, -0.05) is 42.5 Å². The van der Waals surface area contributed by atoms with E-state index in [1.165, 1.54) is 16.3 Å². The van der Waals surface area contributed by atoms with Crippen LogP contribution in [0.3, 0.4) is 0 Å². The normalized spacial score (nSPS) is 16.6. The van der Waals surface area contributed by atoms with E-state index in [1.54, 1.807) is 0 Å². The van der Waals surface area contributed by atoms with Crippen LogP contribution < -0.4 is 0 Å². The molecule has 0 spiro atoms. The Balaban J connectivity index is 1.87. The predicted octanol–water partition coefficient (Wildman–Crippen LogP) is 2.51.